The van der Waals surface area contributed by atoms with E-state index in [9.17, 15) is 4.39 Å². The summed E-state index contributed by atoms with van der Waals surface area (Å²) in [4.78, 5) is 8.96. The van der Waals surface area contributed by atoms with Crippen LogP contribution in [-0.2, 0) is 0 Å². The molecule has 102 valence electrons. The first kappa shape index (κ1) is 13.9. The molecule has 0 saturated heterocycles. The van der Waals surface area contributed by atoms with Gasteiger partial charge in [0, 0.05) is 24.1 Å². The summed E-state index contributed by atoms with van der Waals surface area (Å²) in [5, 5.41) is 3.82. The molecular formula is C13H8Br2FN3S. The largest absolute Gasteiger partial charge is 0.373 e. The average Bonchev–Trinajstić information content (AvgIpc) is 2.76. The molecule has 0 aliphatic carbocycles. The topological polar surface area (TPSA) is 37.8 Å². The molecule has 3 rings (SSSR count). The Morgan fingerprint density at radius 1 is 1.20 bits per heavy atom. The maximum atomic E-state index is 13.4. The first-order valence-corrected chi connectivity index (χ1v) is 8.09. The van der Waals surface area contributed by atoms with E-state index in [4.69, 9.17) is 0 Å². The van der Waals surface area contributed by atoms with Crippen molar-refractivity contribution in [1.29, 1.82) is 0 Å². The van der Waals surface area contributed by atoms with Crippen LogP contribution in [-0.4, -0.2) is 17.0 Å². The Labute approximate surface area is 135 Å². The minimum atomic E-state index is -0.310. The Morgan fingerprint density at radius 2 is 2.00 bits per heavy atom. The number of rotatable bonds is 2. The van der Waals surface area contributed by atoms with Crippen LogP contribution in [0.3, 0.4) is 0 Å². The number of benzene rings is 1. The lowest BCUT2D eigenvalue weighted by atomic mass is 10.2. The average molecular weight is 417 g/mol. The van der Waals surface area contributed by atoms with Gasteiger partial charge in [-0.1, -0.05) is 0 Å². The van der Waals surface area contributed by atoms with Crippen LogP contribution in [0.25, 0.3) is 22.3 Å². The van der Waals surface area contributed by atoms with Crippen molar-refractivity contribution in [2.45, 2.75) is 0 Å². The fraction of sp³-hybridized carbons (Fsp3) is 0.0769. The molecule has 0 bridgehead atoms. The van der Waals surface area contributed by atoms with Crippen LogP contribution in [0.2, 0.25) is 0 Å². The van der Waals surface area contributed by atoms with E-state index < -0.39 is 0 Å². The van der Waals surface area contributed by atoms with Crippen LogP contribution in [0, 0.1) is 5.82 Å². The van der Waals surface area contributed by atoms with Gasteiger partial charge in [0.1, 0.15) is 11.6 Å². The highest BCUT2D eigenvalue weighted by molar-refractivity contribution is 9.12. The van der Waals surface area contributed by atoms with E-state index in [1.807, 2.05) is 6.07 Å². The number of anilines is 1. The van der Waals surface area contributed by atoms with Gasteiger partial charge in [-0.2, -0.15) is 0 Å². The van der Waals surface area contributed by atoms with Gasteiger partial charge in [0.05, 0.1) is 13.1 Å². The highest BCUT2D eigenvalue weighted by Crippen LogP contribution is 2.38. The third-order valence-corrected chi connectivity index (χ3v) is 5.13. The van der Waals surface area contributed by atoms with Crippen LogP contribution in [0.1, 0.15) is 0 Å². The van der Waals surface area contributed by atoms with E-state index in [1.165, 1.54) is 12.1 Å². The first-order valence-electron chi connectivity index (χ1n) is 5.69. The normalized spacial score (nSPS) is 11.0. The predicted octanol–water partition coefficient (Wildman–Crippen LogP) is 5.06. The number of hydrogen-bond donors (Lipinski definition) is 1. The van der Waals surface area contributed by atoms with Crippen molar-refractivity contribution < 1.29 is 4.39 Å². The van der Waals surface area contributed by atoms with Crippen molar-refractivity contribution in [2.75, 3.05) is 12.4 Å². The molecular weight excluding hydrogens is 409 g/mol. The van der Waals surface area contributed by atoms with Crippen molar-refractivity contribution in [2.24, 2.45) is 0 Å². The molecule has 3 aromatic rings. The smallest absolute Gasteiger partial charge is 0.164 e. The number of nitrogens with zero attached hydrogens (tertiary/aromatic N) is 2. The Kier molecular flexibility index (Phi) is 3.74. The second-order valence-corrected chi connectivity index (χ2v) is 7.79. The van der Waals surface area contributed by atoms with Crippen molar-refractivity contribution >= 4 is 59.9 Å². The molecule has 1 aromatic carbocycles. The molecule has 0 saturated carbocycles. The standard InChI is InChI=1S/C13H8Br2FN3S/c1-17-12-7-3-2-6(16)4-9(7)18-13(19-12)8-5-10(14)20-11(8)15/h2-5H,1H3,(H,17,18,19). The molecule has 0 unspecified atom stereocenters. The van der Waals surface area contributed by atoms with E-state index >= 15 is 0 Å². The lowest BCUT2D eigenvalue weighted by Gasteiger charge is -2.07. The molecule has 0 spiro atoms. The van der Waals surface area contributed by atoms with Crippen molar-refractivity contribution in [3.63, 3.8) is 0 Å². The summed E-state index contributed by atoms with van der Waals surface area (Å²) in [6.07, 6.45) is 0. The highest BCUT2D eigenvalue weighted by Gasteiger charge is 2.14. The minimum Gasteiger partial charge on any atom is -0.373 e. The molecule has 0 atom stereocenters. The Balaban J connectivity index is 2.29. The van der Waals surface area contributed by atoms with E-state index in [2.05, 4.69) is 47.1 Å². The molecule has 0 aliphatic heterocycles. The predicted molar refractivity (Wildman–Crippen MR) is 87.8 cm³/mol. The number of aromatic nitrogens is 2. The molecule has 7 heteroatoms. The summed E-state index contributed by atoms with van der Waals surface area (Å²) in [5.41, 5.74) is 1.46. The van der Waals surface area contributed by atoms with Crippen LogP contribution in [0.15, 0.2) is 31.8 Å². The van der Waals surface area contributed by atoms with Gasteiger partial charge < -0.3 is 5.32 Å². The van der Waals surface area contributed by atoms with Crippen molar-refractivity contribution in [3.8, 4) is 11.4 Å². The molecule has 0 amide bonds. The number of fused-ring (bicyclic) bond motifs is 1. The molecule has 2 heterocycles. The zero-order valence-corrected chi connectivity index (χ0v) is 14.2. The molecule has 1 N–H and O–H groups in total. The zero-order valence-electron chi connectivity index (χ0n) is 10.2. The van der Waals surface area contributed by atoms with Gasteiger partial charge in [-0.05, 0) is 50.1 Å². The number of hydrogen-bond acceptors (Lipinski definition) is 4. The summed E-state index contributed by atoms with van der Waals surface area (Å²) in [6, 6.07) is 6.44. The molecule has 20 heavy (non-hydrogen) atoms. The van der Waals surface area contributed by atoms with Gasteiger partial charge in [0.2, 0.25) is 0 Å². The van der Waals surface area contributed by atoms with Gasteiger partial charge in [0.15, 0.2) is 5.82 Å². The Morgan fingerprint density at radius 3 is 2.65 bits per heavy atom. The van der Waals surface area contributed by atoms with E-state index in [0.29, 0.717) is 17.2 Å². The molecule has 0 radical (unpaired) electrons. The summed E-state index contributed by atoms with van der Waals surface area (Å²) >= 11 is 8.47. The number of thiophene rings is 1. The summed E-state index contributed by atoms with van der Waals surface area (Å²) < 4.78 is 15.3. The monoisotopic (exact) mass is 415 g/mol. The number of halogens is 3. The maximum absolute atomic E-state index is 13.4. The lowest BCUT2D eigenvalue weighted by Crippen LogP contribution is -1.98. The Bertz CT molecular complexity index is 804. The maximum Gasteiger partial charge on any atom is 0.164 e. The van der Waals surface area contributed by atoms with Crippen molar-refractivity contribution in [3.05, 3.63) is 37.7 Å². The van der Waals surface area contributed by atoms with Gasteiger partial charge >= 0.3 is 0 Å². The lowest BCUT2D eigenvalue weighted by molar-refractivity contribution is 0.629. The first-order chi connectivity index (χ1) is 9.58. The summed E-state index contributed by atoms with van der Waals surface area (Å²) in [5.74, 6) is 0.926. The van der Waals surface area contributed by atoms with E-state index in [1.54, 1.807) is 24.5 Å². The second-order valence-electron chi connectivity index (χ2n) is 4.05. The third-order valence-electron chi connectivity index (χ3n) is 2.79. The fourth-order valence-electron chi connectivity index (χ4n) is 1.91. The molecule has 0 aliphatic rings. The highest BCUT2D eigenvalue weighted by atomic mass is 79.9. The van der Waals surface area contributed by atoms with E-state index in [0.717, 1.165) is 18.5 Å². The molecule has 0 fully saturated rings. The second kappa shape index (κ2) is 5.38. The van der Waals surface area contributed by atoms with Crippen LogP contribution >= 0.6 is 43.2 Å². The SMILES string of the molecule is CNc1nc(-c2cc(Br)sc2Br)nc2cc(F)ccc12. The molecule has 3 nitrogen and oxygen atoms in total. The number of nitrogens with one attached hydrogen (secondary N) is 1. The van der Waals surface area contributed by atoms with E-state index in [-0.39, 0.29) is 5.82 Å². The Hall–Kier alpha value is -1.05. The summed E-state index contributed by atoms with van der Waals surface area (Å²) in [6.45, 7) is 0. The molecule has 2 aromatic heterocycles. The summed E-state index contributed by atoms with van der Waals surface area (Å²) in [7, 11) is 1.79. The van der Waals surface area contributed by atoms with Crippen LogP contribution in [0.5, 0.6) is 0 Å². The zero-order chi connectivity index (χ0) is 14.3. The van der Waals surface area contributed by atoms with Gasteiger partial charge in [-0.25, -0.2) is 14.4 Å². The fourth-order valence-corrected chi connectivity index (χ4v) is 4.70. The third kappa shape index (κ3) is 2.45. The minimum absolute atomic E-state index is 0.310. The van der Waals surface area contributed by atoms with Crippen LogP contribution < -0.4 is 5.32 Å². The van der Waals surface area contributed by atoms with Gasteiger partial charge in [-0.15, -0.1) is 11.3 Å². The van der Waals surface area contributed by atoms with Gasteiger partial charge in [-0.3, -0.25) is 0 Å². The van der Waals surface area contributed by atoms with Crippen molar-refractivity contribution in [1.82, 2.24) is 9.97 Å². The van der Waals surface area contributed by atoms with Gasteiger partial charge in [0.25, 0.3) is 0 Å². The van der Waals surface area contributed by atoms with Crippen LogP contribution in [0.4, 0.5) is 10.2 Å². The quantitative estimate of drug-likeness (QED) is 0.634.